The van der Waals surface area contributed by atoms with Crippen LogP contribution in [0, 0.1) is 0 Å². The fraction of sp³-hybridized carbons (Fsp3) is 0.400. The summed E-state index contributed by atoms with van der Waals surface area (Å²) in [5.74, 6) is 0. The fourth-order valence-electron chi connectivity index (χ4n) is 1.87. The minimum Gasteiger partial charge on any atom is -0.324 e. The van der Waals surface area contributed by atoms with Gasteiger partial charge in [-0.3, -0.25) is 4.79 Å². The molecule has 0 aromatic heterocycles. The van der Waals surface area contributed by atoms with Gasteiger partial charge in [0.1, 0.15) is 6.54 Å². The van der Waals surface area contributed by atoms with Gasteiger partial charge in [-0.1, -0.05) is 36.4 Å². The second kappa shape index (κ2) is 6.72. The number of quaternary nitrogens is 1. The zero-order chi connectivity index (χ0) is 13.6. The molecule has 1 aromatic carbocycles. The van der Waals surface area contributed by atoms with Crippen molar-refractivity contribution >= 4 is 16.8 Å². The quantitative estimate of drug-likeness (QED) is 0.438. The third-order valence-corrected chi connectivity index (χ3v) is 3.25. The van der Waals surface area contributed by atoms with Crippen molar-refractivity contribution < 1.29 is 9.28 Å². The molecule has 0 heterocycles. The Morgan fingerprint density at radius 2 is 1.89 bits per heavy atom. The number of allylic oxidation sites excluding steroid dienone is 1. The molecule has 0 saturated heterocycles. The summed E-state index contributed by atoms with van der Waals surface area (Å²) >= 11 is 5.40. The molecule has 0 amide bonds. The number of rotatable bonds is 6. The molecule has 0 aliphatic carbocycles. The predicted octanol–water partition coefficient (Wildman–Crippen LogP) is 3.36. The summed E-state index contributed by atoms with van der Waals surface area (Å²) in [6.45, 7) is 3.73. The van der Waals surface area contributed by atoms with Crippen molar-refractivity contribution in [1.82, 2.24) is 0 Å². The van der Waals surface area contributed by atoms with E-state index < -0.39 is 0 Å². The van der Waals surface area contributed by atoms with Crippen LogP contribution in [0.5, 0.6) is 0 Å². The first-order valence-corrected chi connectivity index (χ1v) is 6.51. The first-order valence-electron chi connectivity index (χ1n) is 6.13. The number of hydrogen-bond acceptors (Lipinski definition) is 1. The topological polar surface area (TPSA) is 17.1 Å². The summed E-state index contributed by atoms with van der Waals surface area (Å²) in [5.41, 5.74) is 1.97. The Hall–Kier alpha value is -1.12. The van der Waals surface area contributed by atoms with Crippen LogP contribution in [0.3, 0.4) is 0 Å². The Morgan fingerprint density at radius 3 is 2.44 bits per heavy atom. The van der Waals surface area contributed by atoms with Crippen LogP contribution in [-0.4, -0.2) is 30.4 Å². The van der Waals surface area contributed by atoms with E-state index in [0.717, 1.165) is 24.0 Å². The average Bonchev–Trinajstić information content (AvgIpc) is 2.29. The highest BCUT2D eigenvalue weighted by Crippen LogP contribution is 2.11. The van der Waals surface area contributed by atoms with E-state index in [1.807, 2.05) is 12.1 Å². The van der Waals surface area contributed by atoms with Gasteiger partial charge in [-0.15, -0.1) is 0 Å². The summed E-state index contributed by atoms with van der Waals surface area (Å²) in [4.78, 5) is 10.9. The standard InChI is InChI=1S/C15H21ClNO/c1-13(15(16)18)8-7-11-17(2,3)12-14-9-5-4-6-10-14/h4-6,8-10H,7,11-12H2,1-3H3/q+1. The van der Waals surface area contributed by atoms with E-state index in [4.69, 9.17) is 11.6 Å². The summed E-state index contributed by atoms with van der Waals surface area (Å²) in [6.07, 6.45) is 2.78. The summed E-state index contributed by atoms with van der Waals surface area (Å²) in [7, 11) is 4.39. The monoisotopic (exact) mass is 266 g/mol. The lowest BCUT2D eigenvalue weighted by Crippen LogP contribution is -2.39. The van der Waals surface area contributed by atoms with E-state index in [1.165, 1.54) is 5.56 Å². The van der Waals surface area contributed by atoms with E-state index in [0.29, 0.717) is 5.57 Å². The van der Waals surface area contributed by atoms with Crippen LogP contribution in [0.15, 0.2) is 42.0 Å². The van der Waals surface area contributed by atoms with Crippen molar-refractivity contribution in [2.24, 2.45) is 0 Å². The van der Waals surface area contributed by atoms with Crippen molar-refractivity contribution in [3.8, 4) is 0 Å². The Kier molecular flexibility index (Phi) is 5.57. The van der Waals surface area contributed by atoms with Crippen molar-refractivity contribution in [1.29, 1.82) is 0 Å². The largest absolute Gasteiger partial charge is 0.324 e. The normalized spacial score (nSPS) is 12.6. The lowest BCUT2D eigenvalue weighted by atomic mass is 10.2. The Labute approximate surface area is 114 Å². The van der Waals surface area contributed by atoms with Gasteiger partial charge < -0.3 is 4.48 Å². The molecule has 18 heavy (non-hydrogen) atoms. The van der Waals surface area contributed by atoms with Crippen LogP contribution >= 0.6 is 11.6 Å². The molecular weight excluding hydrogens is 246 g/mol. The third-order valence-electron chi connectivity index (χ3n) is 2.95. The van der Waals surface area contributed by atoms with Gasteiger partial charge in [0.05, 0.1) is 20.6 Å². The summed E-state index contributed by atoms with van der Waals surface area (Å²) < 4.78 is 0.893. The van der Waals surface area contributed by atoms with Crippen LogP contribution < -0.4 is 0 Å². The predicted molar refractivity (Wildman–Crippen MR) is 76.4 cm³/mol. The SMILES string of the molecule is CC(=CCC[N+](C)(C)Cc1ccccc1)C(=O)Cl. The first-order chi connectivity index (χ1) is 8.41. The van der Waals surface area contributed by atoms with Crippen molar-refractivity contribution in [2.45, 2.75) is 19.9 Å². The summed E-state index contributed by atoms with van der Waals surface area (Å²) in [5, 5.41) is -0.358. The van der Waals surface area contributed by atoms with Gasteiger partial charge in [0.25, 0.3) is 0 Å². The van der Waals surface area contributed by atoms with Crippen LogP contribution in [0.1, 0.15) is 18.9 Å². The van der Waals surface area contributed by atoms with Crippen LogP contribution in [-0.2, 0) is 11.3 Å². The molecule has 0 N–H and O–H groups in total. The molecule has 0 fully saturated rings. The Morgan fingerprint density at radius 1 is 1.28 bits per heavy atom. The van der Waals surface area contributed by atoms with E-state index in [2.05, 4.69) is 38.4 Å². The summed E-state index contributed by atoms with van der Waals surface area (Å²) in [6, 6.07) is 10.4. The van der Waals surface area contributed by atoms with Crippen LogP contribution in [0.4, 0.5) is 0 Å². The zero-order valence-electron chi connectivity index (χ0n) is 11.3. The molecule has 0 aliphatic rings. The second-order valence-electron chi connectivity index (χ2n) is 5.25. The third kappa shape index (κ3) is 5.48. The van der Waals surface area contributed by atoms with Crippen LogP contribution in [0.2, 0.25) is 0 Å². The number of nitrogens with zero attached hydrogens (tertiary/aromatic N) is 1. The number of carbonyl (C=O) groups is 1. The number of benzene rings is 1. The minimum atomic E-state index is -0.358. The highest BCUT2D eigenvalue weighted by molar-refractivity contribution is 6.67. The van der Waals surface area contributed by atoms with Gasteiger partial charge in [-0.05, 0) is 18.5 Å². The van der Waals surface area contributed by atoms with E-state index >= 15 is 0 Å². The van der Waals surface area contributed by atoms with E-state index in [1.54, 1.807) is 6.92 Å². The molecule has 0 aliphatic heterocycles. The molecule has 0 unspecified atom stereocenters. The zero-order valence-corrected chi connectivity index (χ0v) is 12.1. The molecule has 0 spiro atoms. The smallest absolute Gasteiger partial charge is 0.247 e. The van der Waals surface area contributed by atoms with Gasteiger partial charge in [0, 0.05) is 17.6 Å². The molecule has 0 saturated carbocycles. The first kappa shape index (κ1) is 14.9. The lowest BCUT2D eigenvalue weighted by molar-refractivity contribution is -0.903. The Balaban J connectivity index is 2.50. The molecule has 98 valence electrons. The molecule has 0 radical (unpaired) electrons. The van der Waals surface area contributed by atoms with Gasteiger partial charge in [0.15, 0.2) is 0 Å². The Bertz CT molecular complexity index is 423. The molecule has 0 atom stereocenters. The van der Waals surface area contributed by atoms with Gasteiger partial charge in [0.2, 0.25) is 5.24 Å². The number of carbonyl (C=O) groups excluding carboxylic acids is 1. The lowest BCUT2D eigenvalue weighted by Gasteiger charge is -2.29. The van der Waals surface area contributed by atoms with Gasteiger partial charge >= 0.3 is 0 Å². The molecule has 2 nitrogen and oxygen atoms in total. The maximum absolute atomic E-state index is 10.9. The molecule has 1 rings (SSSR count). The van der Waals surface area contributed by atoms with Crippen molar-refractivity contribution in [2.75, 3.05) is 20.6 Å². The molecule has 3 heteroatoms. The van der Waals surface area contributed by atoms with E-state index in [9.17, 15) is 4.79 Å². The highest BCUT2D eigenvalue weighted by Gasteiger charge is 2.14. The molecular formula is C15H21ClNO+. The maximum Gasteiger partial charge on any atom is 0.247 e. The second-order valence-corrected chi connectivity index (χ2v) is 5.60. The van der Waals surface area contributed by atoms with Crippen molar-refractivity contribution in [3.05, 3.63) is 47.5 Å². The number of hydrogen-bond donors (Lipinski definition) is 0. The highest BCUT2D eigenvalue weighted by atomic mass is 35.5. The number of halogens is 1. The van der Waals surface area contributed by atoms with E-state index in [-0.39, 0.29) is 5.24 Å². The molecule has 0 bridgehead atoms. The maximum atomic E-state index is 10.9. The molecule has 1 aromatic rings. The van der Waals surface area contributed by atoms with Crippen molar-refractivity contribution in [3.63, 3.8) is 0 Å². The minimum absolute atomic E-state index is 0.358. The van der Waals surface area contributed by atoms with Gasteiger partial charge in [-0.2, -0.15) is 0 Å². The van der Waals surface area contributed by atoms with Crippen LogP contribution in [0.25, 0.3) is 0 Å². The van der Waals surface area contributed by atoms with Gasteiger partial charge in [-0.25, -0.2) is 0 Å². The average molecular weight is 267 g/mol. The fourth-order valence-corrected chi connectivity index (χ4v) is 1.94.